The Morgan fingerprint density at radius 2 is 1.39 bits per heavy atom. The fourth-order valence-electron chi connectivity index (χ4n) is 2.93. The summed E-state index contributed by atoms with van der Waals surface area (Å²) in [6.07, 6.45) is -4.46. The lowest BCUT2D eigenvalue weighted by molar-refractivity contribution is -0.137. The largest absolute Gasteiger partial charge is 0.416 e. The van der Waals surface area contributed by atoms with Gasteiger partial charge in [-0.1, -0.05) is 15.9 Å². The van der Waals surface area contributed by atoms with Gasteiger partial charge in [0.2, 0.25) is 0 Å². The minimum atomic E-state index is -4.46. The fraction of sp³-hybridized carbons (Fsp3) is 0.263. The van der Waals surface area contributed by atoms with E-state index in [0.29, 0.717) is 4.47 Å². The molecule has 1 saturated heterocycles. The van der Waals surface area contributed by atoms with E-state index in [9.17, 15) is 27.2 Å². The summed E-state index contributed by atoms with van der Waals surface area (Å²) in [6, 6.07) is 8.09. The molecule has 2 aromatic rings. The van der Waals surface area contributed by atoms with Gasteiger partial charge in [0.1, 0.15) is 5.82 Å². The molecular formula is C19H15BrF4N2O2. The lowest BCUT2D eigenvalue weighted by atomic mass is 10.1. The molecule has 0 radical (unpaired) electrons. The van der Waals surface area contributed by atoms with Crippen LogP contribution in [-0.2, 0) is 6.18 Å². The third-order valence-electron chi connectivity index (χ3n) is 4.47. The topological polar surface area (TPSA) is 40.6 Å². The molecule has 4 nitrogen and oxygen atoms in total. The standard InChI is InChI=1S/C19H15BrF4N2O2/c20-14-5-6-16(21)15(11-14)18(28)26-9-7-25(8-10-26)17(27)12-1-3-13(4-2-12)19(22,23)24/h1-6,11H,7-10H2. The van der Waals surface area contributed by atoms with Crippen molar-refractivity contribution in [2.45, 2.75) is 6.18 Å². The summed E-state index contributed by atoms with van der Waals surface area (Å²) in [5.41, 5.74) is -0.738. The molecule has 0 atom stereocenters. The molecule has 9 heteroatoms. The first-order chi connectivity index (χ1) is 13.2. The number of piperazine rings is 1. The highest BCUT2D eigenvalue weighted by Gasteiger charge is 2.31. The molecule has 1 heterocycles. The van der Waals surface area contributed by atoms with Crippen LogP contribution in [0.15, 0.2) is 46.9 Å². The Morgan fingerprint density at radius 3 is 1.93 bits per heavy atom. The van der Waals surface area contributed by atoms with Crippen molar-refractivity contribution in [3.05, 3.63) is 69.4 Å². The van der Waals surface area contributed by atoms with Crippen LogP contribution in [0.4, 0.5) is 17.6 Å². The molecule has 0 bridgehead atoms. The number of benzene rings is 2. The van der Waals surface area contributed by atoms with Crippen LogP contribution in [-0.4, -0.2) is 47.8 Å². The maximum absolute atomic E-state index is 13.9. The maximum atomic E-state index is 13.9. The Kier molecular flexibility index (Phi) is 5.74. The first-order valence-corrected chi connectivity index (χ1v) is 9.17. The molecule has 2 aromatic carbocycles. The van der Waals surface area contributed by atoms with E-state index in [1.54, 1.807) is 0 Å². The lowest BCUT2D eigenvalue weighted by Gasteiger charge is -2.35. The first-order valence-electron chi connectivity index (χ1n) is 8.37. The Hall–Kier alpha value is -2.42. The highest BCUT2D eigenvalue weighted by atomic mass is 79.9. The summed E-state index contributed by atoms with van der Waals surface area (Å²) in [6.45, 7) is 0.830. The molecule has 2 amide bonds. The van der Waals surface area contributed by atoms with Crippen LogP contribution in [0.5, 0.6) is 0 Å². The fourth-order valence-corrected chi connectivity index (χ4v) is 3.29. The van der Waals surface area contributed by atoms with E-state index in [0.717, 1.165) is 24.3 Å². The predicted molar refractivity (Wildman–Crippen MR) is 97.4 cm³/mol. The molecule has 0 aromatic heterocycles. The third kappa shape index (κ3) is 4.35. The third-order valence-corrected chi connectivity index (χ3v) is 4.97. The zero-order valence-corrected chi connectivity index (χ0v) is 16.1. The van der Waals surface area contributed by atoms with Crippen molar-refractivity contribution in [2.75, 3.05) is 26.2 Å². The molecule has 0 N–H and O–H groups in total. The summed E-state index contributed by atoms with van der Waals surface area (Å²) >= 11 is 3.20. The molecule has 28 heavy (non-hydrogen) atoms. The minimum absolute atomic E-state index is 0.0584. The number of hydrogen-bond donors (Lipinski definition) is 0. The van der Waals surface area contributed by atoms with E-state index in [-0.39, 0.29) is 37.3 Å². The second kappa shape index (κ2) is 7.90. The van der Waals surface area contributed by atoms with Crippen LogP contribution < -0.4 is 0 Å². The second-order valence-corrected chi connectivity index (χ2v) is 7.20. The number of nitrogens with zero attached hydrogens (tertiary/aromatic N) is 2. The van der Waals surface area contributed by atoms with Gasteiger partial charge in [-0.05, 0) is 42.5 Å². The van der Waals surface area contributed by atoms with Gasteiger partial charge in [0.25, 0.3) is 11.8 Å². The summed E-state index contributed by atoms with van der Waals surface area (Å²) in [5.74, 6) is -1.51. The van der Waals surface area contributed by atoms with Crippen molar-refractivity contribution in [1.29, 1.82) is 0 Å². The molecule has 0 saturated carbocycles. The maximum Gasteiger partial charge on any atom is 0.416 e. The van der Waals surface area contributed by atoms with Crippen molar-refractivity contribution in [3.8, 4) is 0 Å². The molecule has 1 fully saturated rings. The molecule has 0 spiro atoms. The average Bonchev–Trinajstić information content (AvgIpc) is 2.68. The summed E-state index contributed by atoms with van der Waals surface area (Å²) in [4.78, 5) is 27.9. The summed E-state index contributed by atoms with van der Waals surface area (Å²) in [7, 11) is 0. The monoisotopic (exact) mass is 458 g/mol. The summed E-state index contributed by atoms with van der Waals surface area (Å²) < 4.78 is 52.4. The van der Waals surface area contributed by atoms with Crippen LogP contribution >= 0.6 is 15.9 Å². The Bertz CT molecular complexity index is 892. The van der Waals surface area contributed by atoms with Crippen molar-refractivity contribution in [1.82, 2.24) is 9.80 Å². The zero-order chi connectivity index (χ0) is 20.5. The van der Waals surface area contributed by atoms with Crippen molar-refractivity contribution in [3.63, 3.8) is 0 Å². The van der Waals surface area contributed by atoms with Gasteiger partial charge in [0.05, 0.1) is 11.1 Å². The molecule has 0 aliphatic carbocycles. The van der Waals surface area contributed by atoms with E-state index in [1.165, 1.54) is 28.0 Å². The Labute approximate surface area is 166 Å². The zero-order valence-electron chi connectivity index (χ0n) is 14.5. The molecule has 1 aliphatic rings. The van der Waals surface area contributed by atoms with E-state index >= 15 is 0 Å². The van der Waals surface area contributed by atoms with Gasteiger partial charge >= 0.3 is 6.18 Å². The second-order valence-electron chi connectivity index (χ2n) is 6.28. The van der Waals surface area contributed by atoms with Crippen LogP contribution in [0, 0.1) is 5.82 Å². The molecule has 0 unspecified atom stereocenters. The van der Waals surface area contributed by atoms with Gasteiger partial charge in [-0.15, -0.1) is 0 Å². The van der Waals surface area contributed by atoms with Gasteiger partial charge in [-0.2, -0.15) is 13.2 Å². The highest BCUT2D eigenvalue weighted by molar-refractivity contribution is 9.10. The summed E-state index contributed by atoms with van der Waals surface area (Å²) in [5, 5.41) is 0. The van der Waals surface area contributed by atoms with E-state index in [1.807, 2.05) is 0 Å². The van der Waals surface area contributed by atoms with Crippen molar-refractivity contribution >= 4 is 27.7 Å². The van der Waals surface area contributed by atoms with Crippen LogP contribution in [0.1, 0.15) is 26.3 Å². The van der Waals surface area contributed by atoms with Crippen molar-refractivity contribution in [2.24, 2.45) is 0 Å². The van der Waals surface area contributed by atoms with Gasteiger partial charge in [0, 0.05) is 36.2 Å². The molecule has 148 valence electrons. The number of hydrogen-bond acceptors (Lipinski definition) is 2. The van der Waals surface area contributed by atoms with Crippen LogP contribution in [0.25, 0.3) is 0 Å². The smallest absolute Gasteiger partial charge is 0.335 e. The van der Waals surface area contributed by atoms with E-state index in [4.69, 9.17) is 0 Å². The number of rotatable bonds is 2. The molecular weight excluding hydrogens is 444 g/mol. The van der Waals surface area contributed by atoms with Crippen LogP contribution in [0.3, 0.4) is 0 Å². The Morgan fingerprint density at radius 1 is 0.857 bits per heavy atom. The first kappa shape index (κ1) is 20.3. The number of carbonyl (C=O) groups excluding carboxylic acids is 2. The molecule has 3 rings (SSSR count). The number of amides is 2. The number of carbonyl (C=O) groups is 2. The molecule has 1 aliphatic heterocycles. The van der Waals surface area contributed by atoms with Gasteiger partial charge < -0.3 is 9.80 Å². The predicted octanol–water partition coefficient (Wildman–Crippen LogP) is 4.21. The van der Waals surface area contributed by atoms with Crippen LogP contribution in [0.2, 0.25) is 0 Å². The van der Waals surface area contributed by atoms with E-state index in [2.05, 4.69) is 15.9 Å². The quantitative estimate of drug-likeness (QED) is 0.632. The number of halogens is 5. The normalized spacial score (nSPS) is 14.9. The average molecular weight is 459 g/mol. The van der Waals surface area contributed by atoms with Gasteiger partial charge in [-0.3, -0.25) is 9.59 Å². The number of alkyl halides is 3. The lowest BCUT2D eigenvalue weighted by Crippen LogP contribution is -2.50. The van der Waals surface area contributed by atoms with Gasteiger partial charge in [0.15, 0.2) is 0 Å². The van der Waals surface area contributed by atoms with Crippen molar-refractivity contribution < 1.29 is 27.2 Å². The van der Waals surface area contributed by atoms with Gasteiger partial charge in [-0.25, -0.2) is 4.39 Å². The Balaban J connectivity index is 1.64. The van der Waals surface area contributed by atoms with E-state index < -0.39 is 29.4 Å². The highest BCUT2D eigenvalue weighted by Crippen LogP contribution is 2.29. The minimum Gasteiger partial charge on any atom is -0.335 e. The SMILES string of the molecule is O=C(c1ccc(C(F)(F)F)cc1)N1CCN(C(=O)c2cc(Br)ccc2F)CC1.